The molecule has 0 aliphatic rings. The molecule has 3 aromatic rings. The van der Waals surface area contributed by atoms with Gasteiger partial charge in [-0.1, -0.05) is 48.5 Å². The minimum absolute atomic E-state index is 0.00349. The lowest BCUT2D eigenvalue weighted by atomic mass is 10.0. The van der Waals surface area contributed by atoms with Gasteiger partial charge < -0.3 is 14.7 Å². The summed E-state index contributed by atoms with van der Waals surface area (Å²) in [6.45, 7) is 0.389. The molecule has 3 rings (SSSR count). The number of benzene rings is 3. The highest BCUT2D eigenvalue weighted by atomic mass is 19.1. The molecule has 0 aromatic heterocycles. The van der Waals surface area contributed by atoms with Crippen molar-refractivity contribution in [1.29, 1.82) is 0 Å². The monoisotopic (exact) mass is 393 g/mol. The summed E-state index contributed by atoms with van der Waals surface area (Å²) in [5, 5.41) is 9.34. The first kappa shape index (κ1) is 20.6. The lowest BCUT2D eigenvalue weighted by molar-refractivity contribution is 0.0719. The van der Waals surface area contributed by atoms with Gasteiger partial charge in [-0.25, -0.2) is 4.39 Å². The van der Waals surface area contributed by atoms with Gasteiger partial charge in [0.15, 0.2) is 0 Å². The van der Waals surface area contributed by atoms with Crippen LogP contribution in [0.15, 0.2) is 72.8 Å². The third-order valence-corrected chi connectivity index (χ3v) is 4.79. The number of nitrogens with zero attached hydrogens (tertiary/aromatic N) is 1. The number of hydrogen-bond donors (Lipinski definition) is 1. The molecule has 0 aliphatic carbocycles. The topological polar surface area (TPSA) is 49.8 Å². The number of aliphatic hydroxyl groups excluding tert-OH is 1. The van der Waals surface area contributed by atoms with Gasteiger partial charge >= 0.3 is 0 Å². The van der Waals surface area contributed by atoms with Crippen LogP contribution >= 0.6 is 0 Å². The van der Waals surface area contributed by atoms with Crippen LogP contribution in [0.2, 0.25) is 0 Å². The molecule has 0 atom stereocenters. The number of amides is 1. The van der Waals surface area contributed by atoms with Gasteiger partial charge in [0.05, 0.1) is 19.3 Å². The van der Waals surface area contributed by atoms with Crippen molar-refractivity contribution in [3.63, 3.8) is 0 Å². The van der Waals surface area contributed by atoms with Crippen LogP contribution in [0.5, 0.6) is 5.75 Å². The van der Waals surface area contributed by atoms with E-state index in [9.17, 15) is 14.3 Å². The van der Waals surface area contributed by atoms with E-state index < -0.39 is 11.7 Å². The SMILES string of the molecule is COc1ccc(-c2ccc(C(=O)N(CCO)CCc3ccccc3)c(F)c2)cc1. The Balaban J connectivity index is 1.76. The van der Waals surface area contributed by atoms with Crippen LogP contribution in [-0.2, 0) is 6.42 Å². The molecule has 0 unspecified atom stereocenters. The van der Waals surface area contributed by atoms with Crippen molar-refractivity contribution in [2.75, 3.05) is 26.8 Å². The molecule has 5 heteroatoms. The van der Waals surface area contributed by atoms with Crippen molar-refractivity contribution in [2.24, 2.45) is 0 Å². The van der Waals surface area contributed by atoms with Crippen molar-refractivity contribution in [3.05, 3.63) is 89.7 Å². The van der Waals surface area contributed by atoms with E-state index in [0.29, 0.717) is 18.5 Å². The zero-order chi connectivity index (χ0) is 20.6. The highest BCUT2D eigenvalue weighted by Crippen LogP contribution is 2.25. The molecule has 29 heavy (non-hydrogen) atoms. The standard InChI is InChI=1S/C24H24FNO3/c1-29-21-10-7-19(8-11-21)20-9-12-22(23(25)17-20)24(28)26(15-16-27)14-13-18-5-3-2-4-6-18/h2-12,17,27H,13-16H2,1H3. The van der Waals surface area contributed by atoms with Gasteiger partial charge in [-0.05, 0) is 47.4 Å². The fourth-order valence-corrected chi connectivity index (χ4v) is 3.17. The molecule has 0 saturated carbocycles. The summed E-state index contributed by atoms with van der Waals surface area (Å²) in [5.41, 5.74) is 2.60. The molecule has 1 amide bonds. The summed E-state index contributed by atoms with van der Waals surface area (Å²) in [6.07, 6.45) is 0.637. The van der Waals surface area contributed by atoms with E-state index in [1.165, 1.54) is 17.0 Å². The molecule has 3 aromatic carbocycles. The lowest BCUT2D eigenvalue weighted by Crippen LogP contribution is -2.35. The largest absolute Gasteiger partial charge is 0.497 e. The maximum absolute atomic E-state index is 14.8. The lowest BCUT2D eigenvalue weighted by Gasteiger charge is -2.22. The molecule has 0 spiro atoms. The van der Waals surface area contributed by atoms with E-state index in [1.807, 2.05) is 42.5 Å². The fraction of sp³-hybridized carbons (Fsp3) is 0.208. The van der Waals surface area contributed by atoms with E-state index in [4.69, 9.17) is 4.74 Å². The van der Waals surface area contributed by atoms with Gasteiger partial charge in [-0.3, -0.25) is 4.79 Å². The minimum Gasteiger partial charge on any atom is -0.497 e. The zero-order valence-electron chi connectivity index (χ0n) is 16.3. The summed E-state index contributed by atoms with van der Waals surface area (Å²) in [5.74, 6) is -0.279. The Morgan fingerprint density at radius 1 is 0.966 bits per heavy atom. The van der Waals surface area contributed by atoms with Crippen LogP contribution in [0.1, 0.15) is 15.9 Å². The minimum atomic E-state index is -0.578. The first-order valence-electron chi connectivity index (χ1n) is 9.50. The second kappa shape index (κ2) is 9.85. The summed E-state index contributed by atoms with van der Waals surface area (Å²) in [7, 11) is 1.59. The van der Waals surface area contributed by atoms with Gasteiger partial charge in [-0.2, -0.15) is 0 Å². The molecule has 150 valence electrons. The normalized spacial score (nSPS) is 10.6. The number of aliphatic hydroxyl groups is 1. The van der Waals surface area contributed by atoms with Crippen LogP contribution in [0, 0.1) is 5.82 Å². The van der Waals surface area contributed by atoms with E-state index in [2.05, 4.69) is 0 Å². The first-order valence-corrected chi connectivity index (χ1v) is 9.50. The molecule has 0 saturated heterocycles. The average Bonchev–Trinajstić information content (AvgIpc) is 2.77. The Kier molecular flexibility index (Phi) is 6.98. The molecular weight excluding hydrogens is 369 g/mol. The highest BCUT2D eigenvalue weighted by molar-refractivity contribution is 5.95. The molecule has 0 fully saturated rings. The van der Waals surface area contributed by atoms with Crippen LogP contribution in [0.3, 0.4) is 0 Å². The van der Waals surface area contributed by atoms with E-state index in [1.54, 1.807) is 25.3 Å². The number of methoxy groups -OCH3 is 1. The van der Waals surface area contributed by atoms with E-state index >= 15 is 0 Å². The molecule has 0 bridgehead atoms. The number of rotatable bonds is 8. The molecule has 0 heterocycles. The fourth-order valence-electron chi connectivity index (χ4n) is 3.17. The third kappa shape index (κ3) is 5.21. The zero-order valence-corrected chi connectivity index (χ0v) is 16.3. The number of carbonyl (C=O) groups is 1. The van der Waals surface area contributed by atoms with Gasteiger partial charge in [0.2, 0.25) is 0 Å². The Labute approximate surface area is 170 Å². The van der Waals surface area contributed by atoms with Crippen LogP contribution in [0.4, 0.5) is 4.39 Å². The smallest absolute Gasteiger partial charge is 0.256 e. The van der Waals surface area contributed by atoms with Gasteiger partial charge in [0, 0.05) is 13.1 Å². The van der Waals surface area contributed by atoms with Crippen molar-refractivity contribution in [1.82, 2.24) is 4.90 Å². The predicted octanol–water partition coefficient (Wildman–Crippen LogP) is 4.18. The van der Waals surface area contributed by atoms with Crippen LogP contribution < -0.4 is 4.74 Å². The molecular formula is C24H24FNO3. The Hall–Kier alpha value is -3.18. The Morgan fingerprint density at radius 3 is 2.28 bits per heavy atom. The molecule has 1 N–H and O–H groups in total. The summed E-state index contributed by atoms with van der Waals surface area (Å²) < 4.78 is 19.9. The molecule has 0 radical (unpaired) electrons. The van der Waals surface area contributed by atoms with Crippen LogP contribution in [-0.4, -0.2) is 42.7 Å². The predicted molar refractivity (Wildman–Crippen MR) is 112 cm³/mol. The quantitative estimate of drug-likeness (QED) is 0.625. The van der Waals surface area contributed by atoms with Crippen LogP contribution in [0.25, 0.3) is 11.1 Å². The van der Waals surface area contributed by atoms with Crippen molar-refractivity contribution in [3.8, 4) is 16.9 Å². The first-order chi connectivity index (χ1) is 14.1. The molecule has 0 aliphatic heterocycles. The molecule has 4 nitrogen and oxygen atoms in total. The van der Waals surface area contributed by atoms with Crippen molar-refractivity contribution in [2.45, 2.75) is 6.42 Å². The summed E-state index contributed by atoms with van der Waals surface area (Å²) in [4.78, 5) is 14.4. The van der Waals surface area contributed by atoms with E-state index in [-0.39, 0.29) is 18.7 Å². The number of ether oxygens (including phenoxy) is 1. The van der Waals surface area contributed by atoms with Gasteiger partial charge in [0.25, 0.3) is 5.91 Å². The Morgan fingerprint density at radius 2 is 1.66 bits per heavy atom. The summed E-state index contributed by atoms with van der Waals surface area (Å²) in [6, 6.07) is 21.6. The van der Waals surface area contributed by atoms with Crippen molar-refractivity contribution >= 4 is 5.91 Å². The van der Waals surface area contributed by atoms with Gasteiger partial charge in [0.1, 0.15) is 11.6 Å². The summed E-state index contributed by atoms with van der Waals surface area (Å²) >= 11 is 0. The van der Waals surface area contributed by atoms with Crippen molar-refractivity contribution < 1.29 is 19.0 Å². The maximum Gasteiger partial charge on any atom is 0.256 e. The van der Waals surface area contributed by atoms with E-state index in [0.717, 1.165) is 16.9 Å². The number of carbonyl (C=O) groups excluding carboxylic acids is 1. The Bertz CT molecular complexity index is 942. The number of halogens is 1. The second-order valence-corrected chi connectivity index (χ2v) is 6.67. The maximum atomic E-state index is 14.8. The highest BCUT2D eigenvalue weighted by Gasteiger charge is 2.19. The second-order valence-electron chi connectivity index (χ2n) is 6.67. The third-order valence-electron chi connectivity index (χ3n) is 4.79. The number of hydrogen-bond acceptors (Lipinski definition) is 3. The van der Waals surface area contributed by atoms with Gasteiger partial charge in [-0.15, -0.1) is 0 Å². The average molecular weight is 393 g/mol.